The summed E-state index contributed by atoms with van der Waals surface area (Å²) in [5.74, 6) is 0.891. The topological polar surface area (TPSA) is 62.7 Å². The lowest BCUT2D eigenvalue weighted by Crippen LogP contribution is -2.50. The van der Waals surface area contributed by atoms with Gasteiger partial charge in [-0.15, -0.1) is 0 Å². The van der Waals surface area contributed by atoms with Crippen LogP contribution in [0, 0.1) is 6.92 Å². The second kappa shape index (κ2) is 9.81. The molecule has 0 unspecified atom stereocenters. The molecule has 32 heavy (non-hydrogen) atoms. The number of carbonyl (C=O) groups excluding carboxylic acids is 2. The Bertz CT molecular complexity index is 1110. The van der Waals surface area contributed by atoms with Crippen molar-refractivity contribution < 1.29 is 14.3 Å². The van der Waals surface area contributed by atoms with Gasteiger partial charge in [-0.3, -0.25) is 14.6 Å². The molecular weight excluding hydrogens is 402 g/mol. The highest BCUT2D eigenvalue weighted by molar-refractivity contribution is 5.99. The fourth-order valence-corrected chi connectivity index (χ4v) is 4.16. The molecule has 4 rings (SSSR count). The number of aromatic nitrogens is 1. The maximum absolute atomic E-state index is 13.2. The molecule has 166 valence electrons. The van der Waals surface area contributed by atoms with E-state index in [0.29, 0.717) is 43.9 Å². The number of fused-ring (bicyclic) bond motifs is 1. The Kier molecular flexibility index (Phi) is 6.69. The van der Waals surface area contributed by atoms with Crippen molar-refractivity contribution in [3.8, 4) is 5.75 Å². The second-order valence-electron chi connectivity index (χ2n) is 8.19. The smallest absolute Gasteiger partial charge is 0.255 e. The molecule has 0 saturated carbocycles. The van der Waals surface area contributed by atoms with Crippen molar-refractivity contribution in [2.24, 2.45) is 0 Å². The van der Waals surface area contributed by atoms with Crippen LogP contribution in [0.2, 0.25) is 0 Å². The van der Waals surface area contributed by atoms with Gasteiger partial charge in [0.25, 0.3) is 5.91 Å². The number of nitrogens with zero attached hydrogens (tertiary/aromatic N) is 3. The van der Waals surface area contributed by atoms with Crippen LogP contribution in [0.1, 0.15) is 34.5 Å². The number of aryl methyl sites for hydroxylation is 2. The minimum atomic E-state index is -0.0242. The van der Waals surface area contributed by atoms with Crippen molar-refractivity contribution in [1.29, 1.82) is 0 Å². The fourth-order valence-electron chi connectivity index (χ4n) is 4.16. The molecule has 2 aromatic carbocycles. The summed E-state index contributed by atoms with van der Waals surface area (Å²) in [5.41, 5.74) is 3.39. The van der Waals surface area contributed by atoms with Crippen LogP contribution in [0.25, 0.3) is 10.9 Å². The lowest BCUT2D eigenvalue weighted by atomic mass is 10.1. The highest BCUT2D eigenvalue weighted by atomic mass is 16.5. The van der Waals surface area contributed by atoms with Crippen LogP contribution < -0.4 is 4.74 Å². The first-order valence-electron chi connectivity index (χ1n) is 11.1. The maximum Gasteiger partial charge on any atom is 0.255 e. The van der Waals surface area contributed by atoms with Gasteiger partial charge < -0.3 is 14.5 Å². The second-order valence-corrected chi connectivity index (χ2v) is 8.19. The zero-order valence-electron chi connectivity index (χ0n) is 18.7. The van der Waals surface area contributed by atoms with Crippen LogP contribution in [0.5, 0.6) is 5.75 Å². The molecule has 0 radical (unpaired) electrons. The SMILES string of the molecule is COc1ccc2cc(C(=O)N3CCN(C(=O)CCCc4ccccc4)CC3)c(C)nc2c1. The summed E-state index contributed by atoms with van der Waals surface area (Å²) in [6.07, 6.45) is 2.29. The summed E-state index contributed by atoms with van der Waals surface area (Å²) < 4.78 is 5.26. The molecule has 2 heterocycles. The molecule has 1 aromatic heterocycles. The molecule has 0 atom stereocenters. The molecule has 1 aliphatic rings. The molecule has 1 saturated heterocycles. The van der Waals surface area contributed by atoms with Crippen molar-refractivity contribution in [1.82, 2.24) is 14.8 Å². The molecule has 2 amide bonds. The van der Waals surface area contributed by atoms with E-state index in [2.05, 4.69) is 17.1 Å². The monoisotopic (exact) mass is 431 g/mol. The number of piperazine rings is 1. The Hall–Kier alpha value is -3.41. The normalized spacial score (nSPS) is 13.9. The molecule has 0 aliphatic carbocycles. The number of carbonyl (C=O) groups is 2. The third-order valence-electron chi connectivity index (χ3n) is 6.06. The fraction of sp³-hybridized carbons (Fsp3) is 0.346. The molecule has 0 N–H and O–H groups in total. The molecule has 1 fully saturated rings. The number of pyridine rings is 1. The van der Waals surface area contributed by atoms with Gasteiger partial charge in [0.15, 0.2) is 0 Å². The summed E-state index contributed by atoms with van der Waals surface area (Å²) in [5, 5.41) is 0.909. The molecule has 0 bridgehead atoms. The lowest BCUT2D eigenvalue weighted by Gasteiger charge is -2.35. The standard InChI is InChI=1S/C26H29N3O3/c1-19-23(17-21-11-12-22(32-2)18-24(21)27-19)26(31)29-15-13-28(14-16-29)25(30)10-6-9-20-7-4-3-5-8-20/h3-5,7-8,11-12,17-18H,6,9-10,13-16H2,1-2H3. The number of benzene rings is 2. The Balaban J connectivity index is 1.33. The number of rotatable bonds is 6. The Morgan fingerprint density at radius 3 is 2.41 bits per heavy atom. The Labute approximate surface area is 188 Å². The molecule has 1 aliphatic heterocycles. The van der Waals surface area contributed by atoms with Gasteiger partial charge in [-0.25, -0.2) is 0 Å². The van der Waals surface area contributed by atoms with E-state index < -0.39 is 0 Å². The van der Waals surface area contributed by atoms with Crippen molar-refractivity contribution in [3.63, 3.8) is 0 Å². The average Bonchev–Trinajstić information content (AvgIpc) is 2.83. The maximum atomic E-state index is 13.2. The van der Waals surface area contributed by atoms with Crippen LogP contribution >= 0.6 is 0 Å². The van der Waals surface area contributed by atoms with Crippen molar-refractivity contribution in [2.75, 3.05) is 33.3 Å². The third-order valence-corrected chi connectivity index (χ3v) is 6.06. The molecule has 6 nitrogen and oxygen atoms in total. The van der Waals surface area contributed by atoms with Crippen molar-refractivity contribution in [2.45, 2.75) is 26.2 Å². The average molecular weight is 432 g/mol. The highest BCUT2D eigenvalue weighted by Gasteiger charge is 2.26. The Morgan fingerprint density at radius 1 is 0.969 bits per heavy atom. The van der Waals surface area contributed by atoms with E-state index in [1.807, 2.05) is 59.2 Å². The van der Waals surface area contributed by atoms with Crippen LogP contribution in [-0.4, -0.2) is 59.9 Å². The van der Waals surface area contributed by atoms with Gasteiger partial charge in [0.1, 0.15) is 5.75 Å². The summed E-state index contributed by atoms with van der Waals surface area (Å²) in [4.78, 5) is 34.1. The minimum Gasteiger partial charge on any atom is -0.497 e. The predicted molar refractivity (Wildman–Crippen MR) is 125 cm³/mol. The van der Waals surface area contributed by atoms with Crippen LogP contribution in [0.3, 0.4) is 0 Å². The molecule has 0 spiro atoms. The zero-order valence-corrected chi connectivity index (χ0v) is 18.7. The van der Waals surface area contributed by atoms with Gasteiger partial charge >= 0.3 is 0 Å². The van der Waals surface area contributed by atoms with Crippen LogP contribution in [0.4, 0.5) is 0 Å². The first kappa shape index (κ1) is 21.8. The molecule has 3 aromatic rings. The van der Waals surface area contributed by atoms with Gasteiger partial charge in [-0.2, -0.15) is 0 Å². The first-order chi connectivity index (χ1) is 15.5. The molecular formula is C26H29N3O3. The van der Waals surface area contributed by atoms with Crippen molar-refractivity contribution in [3.05, 3.63) is 71.4 Å². The summed E-state index contributed by atoms with van der Waals surface area (Å²) in [6.45, 7) is 4.10. The van der Waals surface area contributed by atoms with E-state index in [0.717, 1.165) is 29.5 Å². The van der Waals surface area contributed by atoms with E-state index in [1.165, 1.54) is 5.56 Å². The number of methoxy groups -OCH3 is 1. The van der Waals surface area contributed by atoms with Crippen molar-refractivity contribution >= 4 is 22.7 Å². The Morgan fingerprint density at radius 2 is 1.69 bits per heavy atom. The number of amides is 2. The minimum absolute atomic E-state index is 0.0242. The number of ether oxygens (including phenoxy) is 1. The first-order valence-corrected chi connectivity index (χ1v) is 11.1. The predicted octanol–water partition coefficient (Wildman–Crippen LogP) is 3.86. The van der Waals surface area contributed by atoms with Crippen LogP contribution in [0.15, 0.2) is 54.6 Å². The highest BCUT2D eigenvalue weighted by Crippen LogP contribution is 2.23. The van der Waals surface area contributed by atoms with Gasteiger partial charge in [0, 0.05) is 44.1 Å². The van der Waals surface area contributed by atoms with E-state index in [4.69, 9.17) is 4.74 Å². The van der Waals surface area contributed by atoms with Gasteiger partial charge in [0.05, 0.1) is 23.9 Å². The number of hydrogen-bond acceptors (Lipinski definition) is 4. The largest absolute Gasteiger partial charge is 0.497 e. The summed E-state index contributed by atoms with van der Waals surface area (Å²) >= 11 is 0. The van der Waals surface area contributed by atoms with E-state index in [9.17, 15) is 9.59 Å². The zero-order chi connectivity index (χ0) is 22.5. The van der Waals surface area contributed by atoms with Crippen LogP contribution in [-0.2, 0) is 11.2 Å². The van der Waals surface area contributed by atoms with Gasteiger partial charge in [-0.05, 0) is 43.5 Å². The third kappa shape index (κ3) is 4.90. The van der Waals surface area contributed by atoms with Gasteiger partial charge in [0.2, 0.25) is 5.91 Å². The van der Waals surface area contributed by atoms with Gasteiger partial charge in [-0.1, -0.05) is 30.3 Å². The van der Waals surface area contributed by atoms with E-state index in [-0.39, 0.29) is 11.8 Å². The van der Waals surface area contributed by atoms with E-state index >= 15 is 0 Å². The van der Waals surface area contributed by atoms with E-state index in [1.54, 1.807) is 7.11 Å². The number of hydrogen-bond donors (Lipinski definition) is 0. The summed E-state index contributed by atoms with van der Waals surface area (Å²) in [6, 6.07) is 17.8. The quantitative estimate of drug-likeness (QED) is 0.595. The summed E-state index contributed by atoms with van der Waals surface area (Å²) in [7, 11) is 1.62. The lowest BCUT2D eigenvalue weighted by molar-refractivity contribution is -0.132. The molecule has 6 heteroatoms.